The van der Waals surface area contributed by atoms with E-state index >= 15 is 0 Å². The lowest BCUT2D eigenvalue weighted by molar-refractivity contribution is 0.0360. The molecule has 0 spiro atoms. The number of hydrogen-bond acceptors (Lipinski definition) is 6. The van der Waals surface area contributed by atoms with Crippen LogP contribution in [0.4, 0.5) is 0 Å². The molecule has 8 nitrogen and oxygen atoms in total. The minimum atomic E-state index is -3.81. The van der Waals surface area contributed by atoms with Crippen molar-refractivity contribution in [2.24, 2.45) is 0 Å². The first-order valence-electron chi connectivity index (χ1n) is 12.4. The van der Waals surface area contributed by atoms with Gasteiger partial charge in [0, 0.05) is 54.7 Å². The maximum absolute atomic E-state index is 13.6. The zero-order valence-electron chi connectivity index (χ0n) is 20.1. The maximum Gasteiger partial charge on any atom is 0.269 e. The van der Waals surface area contributed by atoms with Gasteiger partial charge in [-0.05, 0) is 48.6 Å². The van der Waals surface area contributed by atoms with Crippen LogP contribution in [0.3, 0.4) is 0 Å². The van der Waals surface area contributed by atoms with Crippen LogP contribution in [0.1, 0.15) is 24.8 Å². The molecule has 0 N–H and O–H groups in total. The van der Waals surface area contributed by atoms with Gasteiger partial charge in [-0.2, -0.15) is 5.10 Å². The van der Waals surface area contributed by atoms with Gasteiger partial charge in [-0.3, -0.25) is 9.58 Å². The molecule has 9 heteroatoms. The minimum Gasteiger partial charge on any atom is -0.379 e. The van der Waals surface area contributed by atoms with E-state index in [0.29, 0.717) is 5.65 Å². The normalized spacial score (nSPS) is 17.1. The molecule has 2 aliphatic rings. The summed E-state index contributed by atoms with van der Waals surface area (Å²) in [5.74, 6) is 0. The number of hydrogen-bond donors (Lipinski definition) is 0. The van der Waals surface area contributed by atoms with E-state index in [1.54, 1.807) is 36.7 Å². The number of fused-ring (bicyclic) bond motifs is 1. The van der Waals surface area contributed by atoms with Gasteiger partial charge in [0.15, 0.2) is 5.65 Å². The van der Waals surface area contributed by atoms with E-state index in [0.717, 1.165) is 80.7 Å². The van der Waals surface area contributed by atoms with E-state index in [2.05, 4.69) is 27.1 Å². The first kappa shape index (κ1) is 23.1. The summed E-state index contributed by atoms with van der Waals surface area (Å²) in [6.07, 6.45) is 12.8. The van der Waals surface area contributed by atoms with Gasteiger partial charge in [-0.15, -0.1) is 0 Å². The van der Waals surface area contributed by atoms with Crippen LogP contribution < -0.4 is 0 Å². The van der Waals surface area contributed by atoms with Gasteiger partial charge in [0.1, 0.15) is 0 Å². The van der Waals surface area contributed by atoms with Gasteiger partial charge >= 0.3 is 0 Å². The van der Waals surface area contributed by atoms with Gasteiger partial charge < -0.3 is 4.74 Å². The fourth-order valence-corrected chi connectivity index (χ4v) is 6.35. The Morgan fingerprint density at radius 3 is 2.58 bits per heavy atom. The highest BCUT2D eigenvalue weighted by Gasteiger charge is 2.24. The van der Waals surface area contributed by atoms with E-state index < -0.39 is 10.0 Å². The van der Waals surface area contributed by atoms with Crippen molar-refractivity contribution in [2.75, 3.05) is 32.8 Å². The number of ether oxygens (including phenoxy) is 1. The second-order valence-electron chi connectivity index (χ2n) is 9.32. The summed E-state index contributed by atoms with van der Waals surface area (Å²) < 4.78 is 35.9. The van der Waals surface area contributed by atoms with E-state index in [1.807, 2.05) is 23.1 Å². The van der Waals surface area contributed by atoms with Gasteiger partial charge in [-0.25, -0.2) is 17.4 Å². The molecule has 4 heterocycles. The molecule has 1 aliphatic carbocycles. The summed E-state index contributed by atoms with van der Waals surface area (Å²) in [5.41, 5.74) is 4.45. The fourth-order valence-electron chi connectivity index (χ4n) is 5.00. The van der Waals surface area contributed by atoms with Crippen molar-refractivity contribution in [3.8, 4) is 11.1 Å². The lowest BCUT2D eigenvalue weighted by atomic mass is 10.0. The maximum atomic E-state index is 13.6. The van der Waals surface area contributed by atoms with Gasteiger partial charge in [0.2, 0.25) is 0 Å². The van der Waals surface area contributed by atoms with Crippen LogP contribution in [0.2, 0.25) is 0 Å². The van der Waals surface area contributed by atoms with Gasteiger partial charge in [-0.1, -0.05) is 24.3 Å². The second-order valence-corrected chi connectivity index (χ2v) is 11.1. The van der Waals surface area contributed by atoms with Crippen LogP contribution in [0.25, 0.3) is 27.7 Å². The van der Waals surface area contributed by atoms with Crippen molar-refractivity contribution in [2.45, 2.75) is 30.7 Å². The molecule has 36 heavy (non-hydrogen) atoms. The van der Waals surface area contributed by atoms with Gasteiger partial charge in [0.05, 0.1) is 30.9 Å². The Hall–Kier alpha value is -3.27. The highest BCUT2D eigenvalue weighted by molar-refractivity contribution is 7.90. The summed E-state index contributed by atoms with van der Waals surface area (Å²) in [6.45, 7) is 5.06. The third kappa shape index (κ3) is 4.38. The first-order valence-corrected chi connectivity index (χ1v) is 13.9. The van der Waals surface area contributed by atoms with Gasteiger partial charge in [0.25, 0.3) is 10.0 Å². The van der Waals surface area contributed by atoms with Crippen LogP contribution >= 0.6 is 0 Å². The number of pyridine rings is 1. The standard InChI is InChI=1S/C27H29N5O3S/c33-36(34,24-8-2-1-3-9-24)32-20-26(25-16-22(17-28-27(25)32)21-6-4-5-7-21)23-18-29-31(19-23)11-10-30-12-14-35-15-13-30/h1-3,6,8-9,16-20H,4-5,7,10-15H2. The molecule has 4 aromatic rings. The molecular formula is C27H29N5O3S. The van der Waals surface area contributed by atoms with Crippen molar-refractivity contribution in [1.29, 1.82) is 0 Å². The Balaban J connectivity index is 1.40. The fraction of sp³-hybridized carbons (Fsp3) is 0.333. The molecule has 3 aromatic heterocycles. The average molecular weight is 504 g/mol. The van der Waals surface area contributed by atoms with Crippen LogP contribution in [-0.4, -0.2) is 64.9 Å². The lowest BCUT2D eigenvalue weighted by Crippen LogP contribution is -2.38. The van der Waals surface area contributed by atoms with Crippen molar-refractivity contribution in [3.05, 3.63) is 72.8 Å². The Morgan fingerprint density at radius 2 is 1.81 bits per heavy atom. The smallest absolute Gasteiger partial charge is 0.269 e. The van der Waals surface area contributed by atoms with Crippen LogP contribution in [0.15, 0.2) is 72.2 Å². The zero-order chi connectivity index (χ0) is 24.5. The van der Waals surface area contributed by atoms with Crippen LogP contribution in [0, 0.1) is 0 Å². The highest BCUT2D eigenvalue weighted by Crippen LogP contribution is 2.35. The number of nitrogens with zero attached hydrogens (tertiary/aromatic N) is 5. The van der Waals surface area contributed by atoms with Crippen LogP contribution in [0.5, 0.6) is 0 Å². The minimum absolute atomic E-state index is 0.235. The van der Waals surface area contributed by atoms with E-state index in [4.69, 9.17) is 4.74 Å². The number of rotatable bonds is 7. The molecule has 1 fully saturated rings. The third-order valence-electron chi connectivity index (χ3n) is 7.02. The number of allylic oxidation sites excluding steroid dienone is 2. The summed E-state index contributed by atoms with van der Waals surface area (Å²) in [5, 5.41) is 5.39. The molecule has 0 radical (unpaired) electrons. The monoisotopic (exact) mass is 503 g/mol. The molecule has 1 saturated heterocycles. The first-order chi connectivity index (χ1) is 17.6. The Bertz CT molecular complexity index is 1520. The van der Waals surface area contributed by atoms with E-state index in [9.17, 15) is 8.42 Å². The topological polar surface area (TPSA) is 82.2 Å². The van der Waals surface area contributed by atoms with Crippen molar-refractivity contribution >= 4 is 26.6 Å². The lowest BCUT2D eigenvalue weighted by Gasteiger charge is -2.26. The highest BCUT2D eigenvalue weighted by atomic mass is 32.2. The largest absolute Gasteiger partial charge is 0.379 e. The quantitative estimate of drug-likeness (QED) is 0.379. The summed E-state index contributed by atoms with van der Waals surface area (Å²) >= 11 is 0. The summed E-state index contributed by atoms with van der Waals surface area (Å²) in [6, 6.07) is 10.6. The SMILES string of the molecule is O=S(=O)(c1ccccc1)n1cc(-c2cnn(CCN3CCOCC3)c2)c2cc(C3=CCCC3)cnc21. The van der Waals surface area contributed by atoms with Crippen molar-refractivity contribution in [1.82, 2.24) is 23.6 Å². The summed E-state index contributed by atoms with van der Waals surface area (Å²) in [4.78, 5) is 7.27. The molecule has 0 saturated carbocycles. The number of aromatic nitrogens is 4. The van der Waals surface area contributed by atoms with E-state index in [1.165, 1.54) is 9.55 Å². The van der Waals surface area contributed by atoms with Crippen molar-refractivity contribution in [3.63, 3.8) is 0 Å². The summed E-state index contributed by atoms with van der Waals surface area (Å²) in [7, 11) is -3.81. The Kier molecular flexibility index (Phi) is 6.20. The molecule has 186 valence electrons. The number of benzene rings is 1. The Labute approximate surface area is 210 Å². The Morgan fingerprint density at radius 1 is 0.972 bits per heavy atom. The van der Waals surface area contributed by atoms with Crippen molar-refractivity contribution < 1.29 is 13.2 Å². The van der Waals surface area contributed by atoms with Crippen LogP contribution in [-0.2, 0) is 21.3 Å². The average Bonchev–Trinajstić information content (AvgIpc) is 3.68. The molecule has 0 unspecified atom stereocenters. The molecule has 6 rings (SSSR count). The molecule has 1 aromatic carbocycles. The zero-order valence-corrected chi connectivity index (χ0v) is 20.9. The molecule has 0 bridgehead atoms. The molecule has 0 amide bonds. The molecule has 0 atom stereocenters. The predicted octanol–water partition coefficient (Wildman–Crippen LogP) is 4.04. The molecule has 1 aliphatic heterocycles. The predicted molar refractivity (Wildman–Crippen MR) is 139 cm³/mol. The number of morpholine rings is 1. The third-order valence-corrected chi connectivity index (χ3v) is 8.68. The van der Waals surface area contributed by atoms with E-state index in [-0.39, 0.29) is 4.90 Å². The molecular weight excluding hydrogens is 474 g/mol. The second kappa shape index (κ2) is 9.65.